The molecule has 33 heavy (non-hydrogen) atoms. The third-order valence-corrected chi connectivity index (χ3v) is 8.67. The zero-order chi connectivity index (χ0) is 23.8. The van der Waals surface area contributed by atoms with E-state index in [4.69, 9.17) is 9.47 Å². The summed E-state index contributed by atoms with van der Waals surface area (Å²) in [5.74, 6) is 0.873. The van der Waals surface area contributed by atoms with Crippen molar-refractivity contribution in [3.63, 3.8) is 0 Å². The number of hydrogen-bond acceptors (Lipinski definition) is 6. The average molecular weight is 479 g/mol. The Kier molecular flexibility index (Phi) is 9.95. The maximum absolute atomic E-state index is 11.4. The first kappa shape index (κ1) is 25.9. The molecule has 6 nitrogen and oxygen atoms in total. The summed E-state index contributed by atoms with van der Waals surface area (Å²) in [6, 6.07) is 7.27. The van der Waals surface area contributed by atoms with Gasteiger partial charge in [-0.2, -0.15) is 11.8 Å². The van der Waals surface area contributed by atoms with Crippen LogP contribution < -0.4 is 9.47 Å². The molecule has 7 atom stereocenters. The minimum atomic E-state index is -0.752. The fourth-order valence-corrected chi connectivity index (χ4v) is 6.99. The number of thioether (sulfide) groups is 1. The molecule has 3 N–H and O–H groups in total. The van der Waals surface area contributed by atoms with Gasteiger partial charge >= 0.3 is 5.97 Å². The summed E-state index contributed by atoms with van der Waals surface area (Å²) in [6.07, 6.45) is 8.73. The molecule has 0 spiro atoms. The second-order valence-electron chi connectivity index (χ2n) is 9.26. The van der Waals surface area contributed by atoms with Crippen LogP contribution in [0.1, 0.15) is 51.9 Å². The maximum Gasteiger partial charge on any atom is 0.306 e. The topological polar surface area (TPSA) is 96.2 Å². The van der Waals surface area contributed by atoms with Crippen LogP contribution in [0.2, 0.25) is 0 Å². The Morgan fingerprint density at radius 2 is 2.06 bits per heavy atom. The third kappa shape index (κ3) is 7.39. The number of benzene rings is 1. The van der Waals surface area contributed by atoms with Gasteiger partial charge in [-0.3, -0.25) is 4.79 Å². The molecule has 1 unspecified atom stereocenters. The van der Waals surface area contributed by atoms with Gasteiger partial charge in [-0.05, 0) is 56.6 Å². The highest BCUT2D eigenvalue weighted by Gasteiger charge is 2.44. The largest absolute Gasteiger partial charge is 0.497 e. The van der Waals surface area contributed by atoms with Gasteiger partial charge in [0, 0.05) is 22.5 Å². The van der Waals surface area contributed by atoms with E-state index in [1.807, 2.05) is 43.0 Å². The Hall–Kier alpha value is -1.70. The summed E-state index contributed by atoms with van der Waals surface area (Å²) in [7, 11) is 1.60. The van der Waals surface area contributed by atoms with Crippen molar-refractivity contribution in [2.45, 2.75) is 74.6 Å². The highest BCUT2D eigenvalue weighted by atomic mass is 32.2. The highest BCUT2D eigenvalue weighted by Crippen LogP contribution is 2.50. The number of methoxy groups -OCH3 is 1. The first-order valence-corrected chi connectivity index (χ1v) is 13.0. The lowest BCUT2D eigenvalue weighted by atomic mass is 9.87. The van der Waals surface area contributed by atoms with E-state index in [9.17, 15) is 20.1 Å². The highest BCUT2D eigenvalue weighted by molar-refractivity contribution is 8.00. The van der Waals surface area contributed by atoms with Crippen LogP contribution in [0, 0.1) is 17.8 Å². The first-order valence-electron chi connectivity index (χ1n) is 12.1. The molecule has 1 saturated carbocycles. The van der Waals surface area contributed by atoms with Crippen LogP contribution in [0.5, 0.6) is 11.5 Å². The van der Waals surface area contributed by atoms with Gasteiger partial charge in [-0.1, -0.05) is 31.6 Å². The van der Waals surface area contributed by atoms with Crippen molar-refractivity contribution in [3.8, 4) is 11.5 Å². The number of hydrogen-bond donors (Lipinski definition) is 3. The molecule has 1 heterocycles. The van der Waals surface area contributed by atoms with Gasteiger partial charge in [0.2, 0.25) is 0 Å². The number of aliphatic hydroxyl groups is 2. The maximum atomic E-state index is 11.4. The molecular formula is C26H38O6S. The van der Waals surface area contributed by atoms with E-state index in [1.54, 1.807) is 19.3 Å². The first-order chi connectivity index (χ1) is 15.9. The molecule has 184 valence electrons. The lowest BCUT2D eigenvalue weighted by molar-refractivity contribution is -0.142. The number of ether oxygens (including phenoxy) is 2. The van der Waals surface area contributed by atoms with Crippen molar-refractivity contribution >= 4 is 17.7 Å². The van der Waals surface area contributed by atoms with E-state index in [0.29, 0.717) is 27.9 Å². The lowest BCUT2D eigenvalue weighted by Gasteiger charge is -2.33. The van der Waals surface area contributed by atoms with Gasteiger partial charge in [0.25, 0.3) is 0 Å². The number of carbonyl (C=O) groups is 1. The van der Waals surface area contributed by atoms with Crippen LogP contribution in [0.3, 0.4) is 0 Å². The van der Waals surface area contributed by atoms with E-state index in [1.165, 1.54) is 0 Å². The van der Waals surface area contributed by atoms with E-state index in [2.05, 4.69) is 0 Å². The Labute approximate surface area is 201 Å². The van der Waals surface area contributed by atoms with Crippen molar-refractivity contribution < 1.29 is 29.6 Å². The Bertz CT molecular complexity index is 784. The normalized spacial score (nSPS) is 28.9. The minimum absolute atomic E-state index is 0.0433. The summed E-state index contributed by atoms with van der Waals surface area (Å²) in [5.41, 5.74) is 0. The fourth-order valence-electron chi connectivity index (χ4n) is 5.13. The summed E-state index contributed by atoms with van der Waals surface area (Å²) < 4.78 is 10.8. The molecule has 1 aromatic carbocycles. The van der Waals surface area contributed by atoms with Crippen molar-refractivity contribution in [1.82, 2.24) is 0 Å². The second kappa shape index (κ2) is 12.7. The molecular weight excluding hydrogens is 440 g/mol. The van der Waals surface area contributed by atoms with Crippen molar-refractivity contribution in [1.29, 1.82) is 0 Å². The van der Waals surface area contributed by atoms with E-state index in [-0.39, 0.29) is 18.4 Å². The monoisotopic (exact) mass is 478 g/mol. The predicted octanol–water partition coefficient (Wildman–Crippen LogP) is 4.53. The lowest BCUT2D eigenvalue weighted by Crippen LogP contribution is -2.27. The van der Waals surface area contributed by atoms with Gasteiger partial charge in [0.15, 0.2) is 0 Å². The van der Waals surface area contributed by atoms with Crippen LogP contribution in [0.25, 0.3) is 0 Å². The Morgan fingerprint density at radius 1 is 1.27 bits per heavy atom. The molecule has 7 heteroatoms. The van der Waals surface area contributed by atoms with Crippen molar-refractivity contribution in [2.24, 2.45) is 17.8 Å². The number of carboxylic acid groups (broad SMARTS) is 1. The predicted molar refractivity (Wildman–Crippen MR) is 131 cm³/mol. The zero-order valence-corrected chi connectivity index (χ0v) is 20.5. The summed E-state index contributed by atoms with van der Waals surface area (Å²) >= 11 is 1.94. The van der Waals surface area contributed by atoms with Gasteiger partial charge in [-0.25, -0.2) is 0 Å². The number of rotatable bonds is 12. The fraction of sp³-hybridized carbons (Fsp3) is 0.654. The zero-order valence-electron chi connectivity index (χ0n) is 19.6. The molecule has 1 aromatic rings. The molecule has 3 rings (SSSR count). The van der Waals surface area contributed by atoms with Gasteiger partial charge in [0.05, 0.1) is 19.1 Å². The molecule has 2 aliphatic rings. The van der Waals surface area contributed by atoms with E-state index >= 15 is 0 Å². The number of aliphatic hydroxyl groups excluding tert-OH is 2. The molecule has 2 fully saturated rings. The van der Waals surface area contributed by atoms with Crippen LogP contribution in [-0.2, 0) is 4.79 Å². The Morgan fingerprint density at radius 3 is 2.79 bits per heavy atom. The van der Waals surface area contributed by atoms with Gasteiger partial charge in [0.1, 0.15) is 24.2 Å². The van der Waals surface area contributed by atoms with Crippen LogP contribution >= 0.6 is 11.8 Å². The molecule has 0 radical (unpaired) electrons. The molecule has 1 saturated heterocycles. The smallest absolute Gasteiger partial charge is 0.306 e. The minimum Gasteiger partial charge on any atom is -0.497 e. The molecule has 0 amide bonds. The number of fused-ring (bicyclic) bond motifs is 1. The summed E-state index contributed by atoms with van der Waals surface area (Å²) in [6.45, 7) is 2.17. The summed E-state index contributed by atoms with van der Waals surface area (Å²) in [4.78, 5) is 11.4. The standard InChI is InChI=1S/C26H38O6S/c1-3-5-17(26(29)30)8-10-21-11-13-23-22(24(28)15-25(23)33-21)12-9-18(27)16-32-20-7-4-6-19(14-20)31-2/h4,6-7,9,12,14,17-18,21-25,27-28H,3,5,8,10-11,13,15-16H2,1-2H3,(H,29,30)/t17?,18-,21+,22-,23-,24-,25+/m1/s1. The molecule has 0 bridgehead atoms. The van der Waals surface area contributed by atoms with E-state index in [0.717, 1.165) is 44.9 Å². The number of aliphatic carboxylic acids is 1. The van der Waals surface area contributed by atoms with Crippen LogP contribution in [0.4, 0.5) is 0 Å². The third-order valence-electron chi connectivity index (χ3n) is 6.92. The van der Waals surface area contributed by atoms with Gasteiger partial charge in [-0.15, -0.1) is 0 Å². The van der Waals surface area contributed by atoms with E-state index < -0.39 is 18.2 Å². The SMILES string of the molecule is CCCC(CC[C@H]1CC[C@@H]2[C@@H](C=C[C@@H](O)COc3cccc(OC)c3)[C@H](O)C[C@@H]2S1)C(=O)O. The Balaban J connectivity index is 1.47. The molecule has 1 aliphatic heterocycles. The molecule has 0 aromatic heterocycles. The van der Waals surface area contributed by atoms with Gasteiger partial charge < -0.3 is 24.8 Å². The summed E-state index contributed by atoms with van der Waals surface area (Å²) in [5, 5.41) is 31.3. The average Bonchev–Trinajstić information content (AvgIpc) is 3.12. The van der Waals surface area contributed by atoms with Crippen molar-refractivity contribution in [3.05, 3.63) is 36.4 Å². The van der Waals surface area contributed by atoms with Crippen LogP contribution in [0.15, 0.2) is 36.4 Å². The van der Waals surface area contributed by atoms with Crippen molar-refractivity contribution in [2.75, 3.05) is 13.7 Å². The van der Waals surface area contributed by atoms with Crippen LogP contribution in [-0.4, -0.2) is 57.7 Å². The second-order valence-corrected chi connectivity index (χ2v) is 10.8. The quantitative estimate of drug-likeness (QED) is 0.380. The molecule has 1 aliphatic carbocycles. The number of carboxylic acids is 1.